The van der Waals surface area contributed by atoms with Gasteiger partial charge in [-0.3, -0.25) is 24.0 Å². The second-order valence-electron chi connectivity index (χ2n) is 7.61. The molecule has 0 radical (unpaired) electrons. The second-order valence-corrected chi connectivity index (χ2v) is 7.61. The zero-order valence-corrected chi connectivity index (χ0v) is 17.1. The van der Waals surface area contributed by atoms with Gasteiger partial charge in [-0.1, -0.05) is 13.3 Å². The highest BCUT2D eigenvalue weighted by Gasteiger charge is 2.28. The normalized spacial score (nSPS) is 13.4. The van der Waals surface area contributed by atoms with Crippen LogP contribution >= 0.6 is 0 Å². The maximum Gasteiger partial charge on any atom is 0.306 e. The van der Waals surface area contributed by atoms with Crippen molar-refractivity contribution in [3.05, 3.63) is 0 Å². The van der Waals surface area contributed by atoms with Crippen molar-refractivity contribution in [1.82, 2.24) is 10.6 Å². The topological polar surface area (TPSA) is 119 Å². The third kappa shape index (κ3) is 10.6. The Morgan fingerprint density at radius 3 is 2.07 bits per heavy atom. The molecule has 27 heavy (non-hydrogen) atoms. The third-order valence-electron chi connectivity index (χ3n) is 3.86. The molecule has 0 bridgehead atoms. The van der Waals surface area contributed by atoms with Gasteiger partial charge in [0.05, 0.1) is 26.1 Å². The first-order chi connectivity index (χ1) is 12.4. The van der Waals surface area contributed by atoms with E-state index < -0.39 is 35.4 Å². The van der Waals surface area contributed by atoms with Crippen LogP contribution in [0.3, 0.4) is 0 Å². The van der Waals surface area contributed by atoms with Crippen molar-refractivity contribution in [1.29, 1.82) is 0 Å². The molecule has 2 unspecified atom stereocenters. The Bertz CT molecular complexity index is 565. The highest BCUT2D eigenvalue weighted by molar-refractivity contribution is 6.38. The van der Waals surface area contributed by atoms with Crippen molar-refractivity contribution in [2.45, 2.75) is 71.9 Å². The highest BCUT2D eigenvalue weighted by atomic mass is 16.5. The summed E-state index contributed by atoms with van der Waals surface area (Å²) in [5.41, 5.74) is -0.339. The van der Waals surface area contributed by atoms with Crippen LogP contribution in [0.15, 0.2) is 0 Å². The number of amides is 1. The Kier molecular flexibility index (Phi) is 10.7. The molecule has 0 aliphatic carbocycles. The molecule has 2 atom stereocenters. The van der Waals surface area contributed by atoms with Crippen molar-refractivity contribution in [3.8, 4) is 0 Å². The third-order valence-corrected chi connectivity index (χ3v) is 3.86. The number of hydrogen-bond donors (Lipinski definition) is 2. The van der Waals surface area contributed by atoms with Gasteiger partial charge in [0.15, 0.2) is 5.78 Å². The first kappa shape index (κ1) is 24.9. The minimum atomic E-state index is -0.842. The van der Waals surface area contributed by atoms with Gasteiger partial charge in [-0.2, -0.15) is 0 Å². The fourth-order valence-corrected chi connectivity index (χ4v) is 2.50. The molecule has 0 aliphatic rings. The van der Waals surface area contributed by atoms with E-state index in [2.05, 4.69) is 15.4 Å². The SMILES string of the molecule is CCCC(NC(C)(C)C)C(=O)C(=O)NCC(=O)CC(CC(=O)OC)C(C)=O. The number of nitrogens with one attached hydrogen (secondary N) is 2. The summed E-state index contributed by atoms with van der Waals surface area (Å²) in [6.07, 6.45) is 0.832. The van der Waals surface area contributed by atoms with E-state index in [0.29, 0.717) is 6.42 Å². The predicted molar refractivity (Wildman–Crippen MR) is 100 cm³/mol. The Morgan fingerprint density at radius 1 is 1.04 bits per heavy atom. The van der Waals surface area contributed by atoms with Crippen LogP contribution in [0.1, 0.15) is 60.3 Å². The fourth-order valence-electron chi connectivity index (χ4n) is 2.50. The van der Waals surface area contributed by atoms with Crippen molar-refractivity contribution < 1.29 is 28.7 Å². The summed E-state index contributed by atoms with van der Waals surface area (Å²) in [4.78, 5) is 59.3. The van der Waals surface area contributed by atoms with E-state index in [1.165, 1.54) is 14.0 Å². The molecule has 0 heterocycles. The van der Waals surface area contributed by atoms with Gasteiger partial charge in [-0.05, 0) is 34.1 Å². The molecule has 0 spiro atoms. The number of ether oxygens (including phenoxy) is 1. The summed E-state index contributed by atoms with van der Waals surface area (Å²) in [6.45, 7) is 8.52. The van der Waals surface area contributed by atoms with Crippen molar-refractivity contribution in [3.63, 3.8) is 0 Å². The van der Waals surface area contributed by atoms with E-state index in [4.69, 9.17) is 0 Å². The monoisotopic (exact) mass is 384 g/mol. The number of carbonyl (C=O) groups excluding carboxylic acids is 5. The van der Waals surface area contributed by atoms with E-state index >= 15 is 0 Å². The van der Waals surface area contributed by atoms with Gasteiger partial charge in [0.25, 0.3) is 5.91 Å². The van der Waals surface area contributed by atoms with Gasteiger partial charge in [-0.25, -0.2) is 0 Å². The van der Waals surface area contributed by atoms with E-state index in [0.717, 1.165) is 6.42 Å². The summed E-state index contributed by atoms with van der Waals surface area (Å²) in [5.74, 6) is -3.60. The van der Waals surface area contributed by atoms with Gasteiger partial charge in [0.2, 0.25) is 5.78 Å². The Morgan fingerprint density at radius 2 is 1.63 bits per heavy atom. The summed E-state index contributed by atoms with van der Waals surface area (Å²) >= 11 is 0. The van der Waals surface area contributed by atoms with Crippen LogP contribution < -0.4 is 10.6 Å². The molecule has 0 fully saturated rings. The molecule has 0 rings (SSSR count). The average molecular weight is 384 g/mol. The molecule has 0 saturated heterocycles. The molecule has 2 N–H and O–H groups in total. The zero-order chi connectivity index (χ0) is 21.2. The standard InChI is InChI=1S/C19H32N2O6/c1-7-8-15(21-19(3,4)5)17(25)18(26)20-11-14(23)9-13(12(2)22)10-16(24)27-6/h13,15,21H,7-11H2,1-6H3,(H,20,26). The van der Waals surface area contributed by atoms with Gasteiger partial charge < -0.3 is 15.4 Å². The van der Waals surface area contributed by atoms with Crippen LogP contribution in [0.5, 0.6) is 0 Å². The van der Waals surface area contributed by atoms with Crippen molar-refractivity contribution >= 4 is 29.2 Å². The Balaban J connectivity index is 4.72. The molecular formula is C19H32N2O6. The minimum absolute atomic E-state index is 0.196. The number of Topliss-reactive ketones (excluding diaryl/α,β-unsaturated/α-hetero) is 3. The first-order valence-corrected chi connectivity index (χ1v) is 9.10. The van der Waals surface area contributed by atoms with Crippen LogP contribution in [-0.4, -0.2) is 54.5 Å². The predicted octanol–water partition coefficient (Wildman–Crippen LogP) is 0.956. The Hall–Kier alpha value is -2.09. The number of carbonyl (C=O) groups is 5. The smallest absolute Gasteiger partial charge is 0.306 e. The quantitative estimate of drug-likeness (QED) is 0.380. The summed E-state index contributed by atoms with van der Waals surface area (Å²) in [7, 11) is 1.20. The number of hydrogen-bond acceptors (Lipinski definition) is 7. The van der Waals surface area contributed by atoms with Gasteiger partial charge in [-0.15, -0.1) is 0 Å². The molecule has 0 aromatic rings. The lowest BCUT2D eigenvalue weighted by Crippen LogP contribution is -2.52. The molecule has 0 aliphatic heterocycles. The second kappa shape index (κ2) is 11.6. The summed E-state index contributed by atoms with van der Waals surface area (Å²) < 4.78 is 4.51. The Labute approximate surface area is 160 Å². The van der Waals surface area contributed by atoms with E-state index in [-0.39, 0.29) is 30.7 Å². The molecule has 8 heteroatoms. The van der Waals surface area contributed by atoms with Gasteiger partial charge in [0, 0.05) is 17.9 Å². The number of rotatable bonds is 12. The van der Waals surface area contributed by atoms with Crippen LogP contribution in [0.4, 0.5) is 0 Å². The lowest BCUT2D eigenvalue weighted by atomic mass is 9.95. The van der Waals surface area contributed by atoms with E-state index in [1.807, 2.05) is 27.7 Å². The average Bonchev–Trinajstić information content (AvgIpc) is 2.56. The number of methoxy groups -OCH3 is 1. The largest absolute Gasteiger partial charge is 0.469 e. The molecule has 0 aromatic carbocycles. The van der Waals surface area contributed by atoms with Gasteiger partial charge >= 0.3 is 5.97 Å². The lowest BCUT2D eigenvalue weighted by Gasteiger charge is -2.27. The van der Waals surface area contributed by atoms with Crippen molar-refractivity contribution in [2.75, 3.05) is 13.7 Å². The lowest BCUT2D eigenvalue weighted by molar-refractivity contribution is -0.144. The first-order valence-electron chi connectivity index (χ1n) is 9.10. The molecule has 0 aromatic heterocycles. The highest BCUT2D eigenvalue weighted by Crippen LogP contribution is 2.12. The van der Waals surface area contributed by atoms with Crippen molar-refractivity contribution in [2.24, 2.45) is 5.92 Å². The number of esters is 1. The molecular weight excluding hydrogens is 352 g/mol. The van der Waals surface area contributed by atoms with E-state index in [1.54, 1.807) is 0 Å². The van der Waals surface area contributed by atoms with Crippen LogP contribution in [0.25, 0.3) is 0 Å². The van der Waals surface area contributed by atoms with Crippen LogP contribution in [0.2, 0.25) is 0 Å². The van der Waals surface area contributed by atoms with E-state index in [9.17, 15) is 24.0 Å². The summed E-state index contributed by atoms with van der Waals surface area (Å²) in [6, 6.07) is -0.630. The molecule has 0 saturated carbocycles. The molecule has 8 nitrogen and oxygen atoms in total. The summed E-state index contributed by atoms with van der Waals surface area (Å²) in [5, 5.41) is 5.42. The maximum atomic E-state index is 12.3. The minimum Gasteiger partial charge on any atom is -0.469 e. The maximum absolute atomic E-state index is 12.3. The fraction of sp³-hybridized carbons (Fsp3) is 0.737. The van der Waals surface area contributed by atoms with Gasteiger partial charge in [0.1, 0.15) is 5.78 Å². The molecule has 154 valence electrons. The molecule has 1 amide bonds. The zero-order valence-electron chi connectivity index (χ0n) is 17.1. The number of ketones is 3. The van der Waals surface area contributed by atoms with Crippen LogP contribution in [-0.2, 0) is 28.7 Å². The van der Waals surface area contributed by atoms with Crippen LogP contribution in [0, 0.1) is 5.92 Å².